The molecule has 0 amide bonds. The number of hydrogen-bond acceptors (Lipinski definition) is 3. The summed E-state index contributed by atoms with van der Waals surface area (Å²) in [4.78, 5) is 16.0. The molecule has 0 aromatic carbocycles. The molecule has 0 saturated heterocycles. The fraction of sp³-hybridized carbons (Fsp3) is 0.0833. The summed E-state index contributed by atoms with van der Waals surface area (Å²) in [6.45, 7) is 0.363. The van der Waals surface area contributed by atoms with E-state index in [9.17, 15) is 4.79 Å². The number of pyridine rings is 2. The molecule has 2 aromatic heterocycles. The highest BCUT2D eigenvalue weighted by molar-refractivity contribution is 9.10. The lowest BCUT2D eigenvalue weighted by atomic mass is 10.3. The van der Waals surface area contributed by atoms with Gasteiger partial charge in [-0.3, -0.25) is 9.78 Å². The van der Waals surface area contributed by atoms with Crippen LogP contribution in [0.5, 0.6) is 0 Å². The van der Waals surface area contributed by atoms with Gasteiger partial charge in [-0.05, 0) is 40.2 Å². The number of halogens is 1. The van der Waals surface area contributed by atoms with Gasteiger partial charge in [0.1, 0.15) is 11.6 Å². The van der Waals surface area contributed by atoms with Crippen molar-refractivity contribution < 1.29 is 0 Å². The Morgan fingerprint density at radius 2 is 2.24 bits per heavy atom. The first-order chi connectivity index (χ1) is 8.20. The molecule has 0 aliphatic rings. The van der Waals surface area contributed by atoms with E-state index in [1.807, 2.05) is 18.2 Å². The van der Waals surface area contributed by atoms with Crippen LogP contribution in [0.4, 0.5) is 0 Å². The molecular weight excluding hydrogens is 282 g/mol. The molecule has 2 rings (SSSR count). The second-order valence-corrected chi connectivity index (χ2v) is 4.35. The maximum Gasteiger partial charge on any atom is 0.268 e. The number of rotatable bonds is 2. The van der Waals surface area contributed by atoms with Gasteiger partial charge in [0, 0.05) is 16.9 Å². The molecule has 0 aliphatic heterocycles. The van der Waals surface area contributed by atoms with Crippen molar-refractivity contribution in [2.75, 3.05) is 0 Å². The average Bonchev–Trinajstić information content (AvgIpc) is 2.35. The van der Waals surface area contributed by atoms with Gasteiger partial charge in [-0.25, -0.2) is 0 Å². The number of hydrogen-bond donors (Lipinski definition) is 0. The van der Waals surface area contributed by atoms with Gasteiger partial charge in [0.15, 0.2) is 0 Å². The third-order valence-electron chi connectivity index (χ3n) is 2.26. The molecular formula is C12H8BrN3O. The summed E-state index contributed by atoms with van der Waals surface area (Å²) in [5.41, 5.74) is 0.620. The molecule has 0 aliphatic carbocycles. The smallest absolute Gasteiger partial charge is 0.268 e. The maximum atomic E-state index is 11.8. The summed E-state index contributed by atoms with van der Waals surface area (Å²) >= 11 is 3.29. The SMILES string of the molecule is N#Cc1cccn(Cc2ccc(Br)cn2)c1=O. The van der Waals surface area contributed by atoms with Crippen molar-refractivity contribution in [1.82, 2.24) is 9.55 Å². The van der Waals surface area contributed by atoms with Gasteiger partial charge in [-0.2, -0.15) is 5.26 Å². The average molecular weight is 290 g/mol. The van der Waals surface area contributed by atoms with Crippen LogP contribution < -0.4 is 5.56 Å². The fourth-order valence-corrected chi connectivity index (χ4v) is 1.66. The zero-order valence-corrected chi connectivity index (χ0v) is 10.4. The van der Waals surface area contributed by atoms with Crippen molar-refractivity contribution in [2.45, 2.75) is 6.54 Å². The van der Waals surface area contributed by atoms with Gasteiger partial charge in [0.05, 0.1) is 12.2 Å². The molecule has 0 fully saturated rings. The van der Waals surface area contributed by atoms with E-state index in [-0.39, 0.29) is 11.1 Å². The third kappa shape index (κ3) is 2.60. The minimum atomic E-state index is -0.292. The molecule has 2 aromatic rings. The van der Waals surface area contributed by atoms with Crippen molar-refractivity contribution in [3.63, 3.8) is 0 Å². The summed E-state index contributed by atoms with van der Waals surface area (Å²) in [6.07, 6.45) is 3.32. The van der Waals surface area contributed by atoms with Crippen LogP contribution in [-0.4, -0.2) is 9.55 Å². The Morgan fingerprint density at radius 1 is 1.41 bits per heavy atom. The second-order valence-electron chi connectivity index (χ2n) is 3.43. The molecule has 84 valence electrons. The van der Waals surface area contributed by atoms with Crippen LogP contribution in [0.25, 0.3) is 0 Å². The molecule has 5 heteroatoms. The number of aromatic nitrogens is 2. The first-order valence-corrected chi connectivity index (χ1v) is 5.70. The Balaban J connectivity index is 2.34. The minimum absolute atomic E-state index is 0.143. The van der Waals surface area contributed by atoms with Gasteiger partial charge < -0.3 is 4.57 Å². The van der Waals surface area contributed by atoms with Crippen LogP contribution in [0, 0.1) is 11.3 Å². The van der Waals surface area contributed by atoms with Crippen LogP contribution >= 0.6 is 15.9 Å². The Morgan fingerprint density at radius 3 is 2.88 bits per heavy atom. The third-order valence-corrected chi connectivity index (χ3v) is 2.73. The Bertz CT molecular complexity index is 625. The highest BCUT2D eigenvalue weighted by Crippen LogP contribution is 2.07. The number of nitriles is 1. The quantitative estimate of drug-likeness (QED) is 0.849. The lowest BCUT2D eigenvalue weighted by Gasteiger charge is -2.04. The molecule has 0 unspecified atom stereocenters. The van der Waals surface area contributed by atoms with Crippen LogP contribution in [0.3, 0.4) is 0 Å². The monoisotopic (exact) mass is 289 g/mol. The standard InChI is InChI=1S/C12H8BrN3O/c13-10-3-4-11(15-7-10)8-16-5-1-2-9(6-14)12(16)17/h1-5,7H,8H2. The molecule has 0 spiro atoms. The van der Waals surface area contributed by atoms with Gasteiger partial charge in [0.2, 0.25) is 0 Å². The van der Waals surface area contributed by atoms with E-state index in [2.05, 4.69) is 20.9 Å². The van der Waals surface area contributed by atoms with E-state index in [4.69, 9.17) is 5.26 Å². The molecule has 0 N–H and O–H groups in total. The highest BCUT2D eigenvalue weighted by Gasteiger charge is 2.03. The normalized spacial score (nSPS) is 9.88. The second kappa shape index (κ2) is 4.93. The largest absolute Gasteiger partial charge is 0.308 e. The topological polar surface area (TPSA) is 58.7 Å². The maximum absolute atomic E-state index is 11.8. The first kappa shape index (κ1) is 11.6. The van der Waals surface area contributed by atoms with Gasteiger partial charge >= 0.3 is 0 Å². The van der Waals surface area contributed by atoms with Crippen LogP contribution in [-0.2, 0) is 6.54 Å². The Hall–Kier alpha value is -1.93. The van der Waals surface area contributed by atoms with E-state index in [1.54, 1.807) is 18.5 Å². The predicted octanol–water partition coefficient (Wildman–Crippen LogP) is 1.93. The predicted molar refractivity (Wildman–Crippen MR) is 66.5 cm³/mol. The van der Waals surface area contributed by atoms with Crippen molar-refractivity contribution in [2.24, 2.45) is 0 Å². The van der Waals surface area contributed by atoms with Crippen LogP contribution in [0.1, 0.15) is 11.3 Å². The van der Waals surface area contributed by atoms with E-state index in [0.29, 0.717) is 6.54 Å². The summed E-state index contributed by atoms with van der Waals surface area (Å²) in [7, 11) is 0. The Labute approximate surface area is 106 Å². The summed E-state index contributed by atoms with van der Waals surface area (Å²) in [5.74, 6) is 0. The van der Waals surface area contributed by atoms with Gasteiger partial charge in [-0.1, -0.05) is 0 Å². The molecule has 17 heavy (non-hydrogen) atoms. The van der Waals surface area contributed by atoms with Crippen molar-refractivity contribution in [3.8, 4) is 6.07 Å². The van der Waals surface area contributed by atoms with E-state index in [1.165, 1.54) is 10.6 Å². The van der Waals surface area contributed by atoms with Gasteiger partial charge in [-0.15, -0.1) is 0 Å². The zero-order valence-electron chi connectivity index (χ0n) is 8.80. The first-order valence-electron chi connectivity index (χ1n) is 4.90. The zero-order chi connectivity index (χ0) is 12.3. The summed E-state index contributed by atoms with van der Waals surface area (Å²) in [6, 6.07) is 8.75. The molecule has 0 bridgehead atoms. The Kier molecular flexibility index (Phi) is 3.35. The van der Waals surface area contributed by atoms with Crippen LogP contribution in [0.2, 0.25) is 0 Å². The molecule has 0 saturated carbocycles. The van der Waals surface area contributed by atoms with Crippen molar-refractivity contribution in [1.29, 1.82) is 5.26 Å². The van der Waals surface area contributed by atoms with Crippen molar-refractivity contribution in [3.05, 3.63) is 62.7 Å². The summed E-state index contributed by atoms with van der Waals surface area (Å²) in [5, 5.41) is 8.76. The lowest BCUT2D eigenvalue weighted by Crippen LogP contribution is -2.22. The van der Waals surface area contributed by atoms with Crippen LogP contribution in [0.15, 0.2) is 45.9 Å². The molecule has 0 atom stereocenters. The van der Waals surface area contributed by atoms with E-state index >= 15 is 0 Å². The van der Waals surface area contributed by atoms with Crippen molar-refractivity contribution >= 4 is 15.9 Å². The molecule has 4 nitrogen and oxygen atoms in total. The van der Waals surface area contributed by atoms with E-state index in [0.717, 1.165) is 10.2 Å². The molecule has 0 radical (unpaired) electrons. The lowest BCUT2D eigenvalue weighted by molar-refractivity contribution is 0.736. The number of nitrogens with zero attached hydrogens (tertiary/aromatic N) is 3. The summed E-state index contributed by atoms with van der Waals surface area (Å²) < 4.78 is 2.36. The fourth-order valence-electron chi connectivity index (χ4n) is 1.42. The van der Waals surface area contributed by atoms with E-state index < -0.39 is 0 Å². The highest BCUT2D eigenvalue weighted by atomic mass is 79.9. The minimum Gasteiger partial charge on any atom is -0.308 e. The molecule has 2 heterocycles. The van der Waals surface area contributed by atoms with Gasteiger partial charge in [0.25, 0.3) is 5.56 Å².